The highest BCUT2D eigenvalue weighted by Crippen LogP contribution is 2.63. The van der Waals surface area contributed by atoms with Crippen LogP contribution in [0.2, 0.25) is 0 Å². The topological polar surface area (TPSA) is 39.5 Å². The highest BCUT2D eigenvalue weighted by molar-refractivity contribution is 6.23. The van der Waals surface area contributed by atoms with E-state index in [2.05, 4.69) is 211 Å². The normalized spacial score (nSPS) is 13.4. The first-order chi connectivity index (χ1) is 35.6. The summed E-state index contributed by atoms with van der Waals surface area (Å²) in [6, 6.07) is 83.7. The third-order valence-corrected chi connectivity index (χ3v) is 16.5. The van der Waals surface area contributed by atoms with Crippen molar-refractivity contribution in [2.75, 3.05) is 0 Å². The van der Waals surface area contributed by atoms with E-state index in [0.717, 1.165) is 93.5 Å². The fraction of sp³-hybridized carbons (Fsp3) is 0.0147. The molecule has 0 aliphatic heterocycles. The van der Waals surface area contributed by atoms with Gasteiger partial charge in [0.1, 0.15) is 11.2 Å². The van der Waals surface area contributed by atoms with Crippen molar-refractivity contribution in [2.24, 2.45) is 0 Å². The molecule has 0 N–H and O–H groups in total. The number of nitrogens with zero attached hydrogens (tertiary/aromatic N) is 2. The lowest BCUT2D eigenvalue weighted by atomic mass is 9.70. The molecule has 0 saturated heterocycles. The third-order valence-electron chi connectivity index (χ3n) is 16.5. The molecule has 11 aromatic carbocycles. The smallest absolute Gasteiger partial charge is 0.263 e. The first-order valence-corrected chi connectivity index (χ1v) is 24.8. The highest BCUT2D eigenvalue weighted by atomic mass is 16.3. The van der Waals surface area contributed by atoms with Gasteiger partial charge in [-0.15, -0.1) is 0 Å². The molecule has 0 fully saturated rings. The molecule has 4 heteroatoms. The molecule has 0 radical (unpaired) electrons. The van der Waals surface area contributed by atoms with Crippen LogP contribution in [0.25, 0.3) is 132 Å². The molecule has 17 rings (SSSR count). The maximum absolute atomic E-state index is 14.5. The first-order valence-electron chi connectivity index (χ1n) is 24.8. The van der Waals surface area contributed by atoms with Crippen LogP contribution in [0.5, 0.6) is 0 Å². The summed E-state index contributed by atoms with van der Waals surface area (Å²) < 4.78 is 11.2. The molecule has 0 atom stereocenters. The van der Waals surface area contributed by atoms with E-state index < -0.39 is 5.41 Å². The van der Waals surface area contributed by atoms with Gasteiger partial charge in [0.15, 0.2) is 0 Å². The minimum atomic E-state index is -0.431. The van der Waals surface area contributed by atoms with Gasteiger partial charge in [-0.1, -0.05) is 158 Å². The van der Waals surface area contributed by atoms with Crippen molar-refractivity contribution >= 4 is 81.7 Å². The Morgan fingerprint density at radius 2 is 0.944 bits per heavy atom. The molecule has 0 saturated carbocycles. The van der Waals surface area contributed by atoms with Crippen molar-refractivity contribution in [1.29, 1.82) is 0 Å². The predicted molar refractivity (Wildman–Crippen MR) is 296 cm³/mol. The zero-order valence-corrected chi connectivity index (χ0v) is 38.7. The molecule has 0 unspecified atom stereocenters. The fourth-order valence-corrected chi connectivity index (χ4v) is 13.6. The van der Waals surface area contributed by atoms with Gasteiger partial charge in [0.25, 0.3) is 5.56 Å². The van der Waals surface area contributed by atoms with E-state index in [0.29, 0.717) is 5.39 Å². The quantitative estimate of drug-likeness (QED) is 0.166. The highest BCUT2D eigenvalue weighted by Gasteiger charge is 2.51. The molecule has 332 valence electrons. The van der Waals surface area contributed by atoms with E-state index in [1.54, 1.807) is 0 Å². The number of rotatable bonds is 3. The Morgan fingerprint density at radius 3 is 1.71 bits per heavy atom. The van der Waals surface area contributed by atoms with Crippen LogP contribution < -0.4 is 5.56 Å². The Kier molecular flexibility index (Phi) is 7.26. The summed E-state index contributed by atoms with van der Waals surface area (Å²) in [5, 5.41) is 9.36. The Morgan fingerprint density at radius 1 is 0.333 bits per heavy atom. The van der Waals surface area contributed by atoms with Crippen LogP contribution in [-0.2, 0) is 5.41 Å². The van der Waals surface area contributed by atoms with E-state index in [-0.39, 0.29) is 5.56 Å². The number of hydrogen-bond donors (Lipinski definition) is 0. The molecule has 0 amide bonds. The Balaban J connectivity index is 0.919. The molecule has 4 nitrogen and oxygen atoms in total. The summed E-state index contributed by atoms with van der Waals surface area (Å²) in [5.41, 5.74) is 21.4. The van der Waals surface area contributed by atoms with Gasteiger partial charge in [-0.3, -0.25) is 9.20 Å². The van der Waals surface area contributed by atoms with Gasteiger partial charge in [-0.2, -0.15) is 0 Å². The molecular formula is C68H38N2O2. The van der Waals surface area contributed by atoms with Crippen molar-refractivity contribution < 1.29 is 4.42 Å². The standard InChI is InChI=1S/C68H38N2O2/c71-67-49-22-5-4-17-44(49)53-34-41(35-54-51-33-40(39-15-2-1-3-16-39)29-31-61(51)70(67)66(53)54)43-23-14-28-64-65(43)55-36-42(30-32-63(55)72-64)69-60-27-13-9-21-48(60)52-37-59-50(38-62(52)69)47-20-8-12-26-58(47)68(59)56-24-10-6-18-45(56)46-19-7-11-25-57(46)68/h1-38H. The van der Waals surface area contributed by atoms with E-state index in [9.17, 15) is 4.79 Å². The number of hydrogen-bond acceptors (Lipinski definition) is 2. The van der Waals surface area contributed by atoms with Gasteiger partial charge < -0.3 is 8.98 Å². The van der Waals surface area contributed by atoms with E-state index in [1.807, 2.05) is 28.7 Å². The molecule has 4 heterocycles. The second kappa shape index (κ2) is 13.6. The van der Waals surface area contributed by atoms with E-state index in [4.69, 9.17) is 4.42 Å². The molecule has 2 aliphatic carbocycles. The van der Waals surface area contributed by atoms with Crippen LogP contribution in [0.1, 0.15) is 22.3 Å². The van der Waals surface area contributed by atoms with Gasteiger partial charge in [-0.25, -0.2) is 0 Å². The molecule has 72 heavy (non-hydrogen) atoms. The Labute approximate surface area is 411 Å². The maximum atomic E-state index is 14.5. The average molecular weight is 915 g/mol. The number of pyridine rings is 1. The summed E-state index contributed by atoms with van der Waals surface area (Å²) in [6.45, 7) is 0. The molecule has 2 aliphatic rings. The van der Waals surface area contributed by atoms with Crippen LogP contribution in [0, 0.1) is 0 Å². The van der Waals surface area contributed by atoms with Crippen molar-refractivity contribution in [2.45, 2.75) is 5.41 Å². The number of fused-ring (bicyclic) bond motifs is 21. The van der Waals surface area contributed by atoms with Gasteiger partial charge in [0.05, 0.1) is 27.5 Å². The minimum absolute atomic E-state index is 0.00158. The lowest BCUT2D eigenvalue weighted by molar-refractivity contribution is 0.669. The molecule has 4 aromatic heterocycles. The van der Waals surface area contributed by atoms with Gasteiger partial charge >= 0.3 is 0 Å². The van der Waals surface area contributed by atoms with Gasteiger partial charge in [-0.05, 0) is 145 Å². The number of para-hydroxylation sites is 1. The second-order valence-corrected chi connectivity index (χ2v) is 19.8. The molecule has 0 bridgehead atoms. The van der Waals surface area contributed by atoms with Crippen molar-refractivity contribution in [1.82, 2.24) is 8.97 Å². The largest absolute Gasteiger partial charge is 0.456 e. The predicted octanol–water partition coefficient (Wildman–Crippen LogP) is 16.9. The lowest BCUT2D eigenvalue weighted by Gasteiger charge is -2.30. The SMILES string of the molecule is O=c1c2ccccc2c2cc(-c3cccc4oc5ccc(-n6c7ccccc7c7cc8c(cc76)-c6ccccc6C86c7ccccc7-c7ccccc76)cc5c34)cc3c4cc(-c5ccccc5)ccc4n1c23. The molecule has 15 aromatic rings. The summed E-state index contributed by atoms with van der Waals surface area (Å²) >= 11 is 0. The minimum Gasteiger partial charge on any atom is -0.456 e. The van der Waals surface area contributed by atoms with Crippen LogP contribution >= 0.6 is 0 Å². The maximum Gasteiger partial charge on any atom is 0.263 e. The molecule has 1 spiro atoms. The van der Waals surface area contributed by atoms with Crippen LogP contribution in [0.3, 0.4) is 0 Å². The van der Waals surface area contributed by atoms with Crippen LogP contribution in [0.15, 0.2) is 240 Å². The van der Waals surface area contributed by atoms with Crippen LogP contribution in [-0.4, -0.2) is 8.97 Å². The Hall–Kier alpha value is -9.51. The van der Waals surface area contributed by atoms with E-state index >= 15 is 0 Å². The monoisotopic (exact) mass is 914 g/mol. The second-order valence-electron chi connectivity index (χ2n) is 19.8. The zero-order valence-electron chi connectivity index (χ0n) is 38.7. The van der Waals surface area contributed by atoms with Gasteiger partial charge in [0, 0.05) is 48.8 Å². The summed E-state index contributed by atoms with van der Waals surface area (Å²) in [7, 11) is 0. The van der Waals surface area contributed by atoms with Gasteiger partial charge in [0.2, 0.25) is 0 Å². The lowest BCUT2D eigenvalue weighted by Crippen LogP contribution is -2.25. The summed E-state index contributed by atoms with van der Waals surface area (Å²) in [6.07, 6.45) is 0. The number of furan rings is 1. The summed E-state index contributed by atoms with van der Waals surface area (Å²) in [5.74, 6) is 0. The van der Waals surface area contributed by atoms with Crippen molar-refractivity contribution in [3.63, 3.8) is 0 Å². The first kappa shape index (κ1) is 38.4. The summed E-state index contributed by atoms with van der Waals surface area (Å²) in [4.78, 5) is 14.5. The average Bonchev–Trinajstić information content (AvgIpc) is 4.23. The molecular weight excluding hydrogens is 877 g/mol. The third kappa shape index (κ3) is 4.70. The Bertz CT molecular complexity index is 4910. The van der Waals surface area contributed by atoms with Crippen molar-refractivity contribution in [3.05, 3.63) is 263 Å². The van der Waals surface area contributed by atoms with Crippen molar-refractivity contribution in [3.8, 4) is 50.2 Å². The van der Waals surface area contributed by atoms with E-state index in [1.165, 1.54) is 55.3 Å². The number of benzene rings is 11. The zero-order chi connectivity index (χ0) is 47.0. The number of aromatic nitrogens is 2. The van der Waals surface area contributed by atoms with Crippen LogP contribution in [0.4, 0.5) is 0 Å². The fourth-order valence-electron chi connectivity index (χ4n) is 13.6.